The highest BCUT2D eigenvalue weighted by atomic mass is 35.5. The van der Waals surface area contributed by atoms with Gasteiger partial charge in [-0.25, -0.2) is 19.2 Å². The molecule has 18 nitrogen and oxygen atoms in total. The number of aryl methyl sites for hydroxylation is 8. The smallest absolute Gasteiger partial charge is 0.343 e. The van der Waals surface area contributed by atoms with E-state index in [0.29, 0.717) is 79.1 Å². The van der Waals surface area contributed by atoms with Crippen LogP contribution < -0.4 is 20.3 Å². The maximum Gasteiger partial charge on any atom is 0.343 e. The third-order valence-corrected chi connectivity index (χ3v) is 16.6. The molecule has 0 fully saturated rings. The van der Waals surface area contributed by atoms with Crippen molar-refractivity contribution in [2.24, 2.45) is 0 Å². The average Bonchev–Trinajstić information content (AvgIpc) is 0.803. The highest BCUT2D eigenvalue weighted by molar-refractivity contribution is 6.30. The number of nitrogens with one attached hydrogen (secondary N) is 2. The van der Waals surface area contributed by atoms with Crippen molar-refractivity contribution in [1.29, 1.82) is 0 Å². The van der Waals surface area contributed by atoms with Crippen LogP contribution >= 0.6 is 11.6 Å². The van der Waals surface area contributed by atoms with E-state index in [2.05, 4.69) is 122 Å². The summed E-state index contributed by atoms with van der Waals surface area (Å²) in [5.74, 6) is -0.866. The Kier molecular flexibility index (Phi) is 29.1. The number of hydrogen-bond donors (Lipinski definition) is 2. The van der Waals surface area contributed by atoms with Crippen molar-refractivity contribution in [3.63, 3.8) is 0 Å². The quantitative estimate of drug-likeness (QED) is 0.0328. The fourth-order valence-electron chi connectivity index (χ4n) is 11.9. The number of carbonyl (C=O) groups is 4. The Balaban J connectivity index is 0.000000187. The molecule has 0 amide bonds. The highest BCUT2D eigenvalue weighted by Gasteiger charge is 2.24. The molecule has 10 aromatic rings. The summed E-state index contributed by atoms with van der Waals surface area (Å²) >= 11 is 5.95. The summed E-state index contributed by atoms with van der Waals surface area (Å²) in [4.78, 5) is 74.0. The van der Waals surface area contributed by atoms with E-state index in [1.54, 1.807) is 45.6 Å². The fourth-order valence-corrected chi connectivity index (χ4v) is 12.0. The highest BCUT2D eigenvalue weighted by Crippen LogP contribution is 2.36. The standard InChI is InChI=1S/C21H21ClN2O2.C21H22N2O2.C20H29N3O2.C19H26N2O3/c1-4-26-21(25)18-12-24-19-14(3)9-13(2)10-17(19)20(18)23-11-15-5-7-16(22)8-6-15;1-4-25-21(24)18-13-23-19-15(3)10-14(2)11-17(19)20(18)22-12-16-8-6-5-7-9-16;1-7-25-20(24)17-13-21-18-15(3)11-14(2)12-16(18)19(17)23(6)10-8-9-22(4)5;1-6-23-19(22)16-12-20-17-14(3)10-13(2)11-15(17)18(16)24-9-7-8-21(4)5/h5-10,12H,4,11H2,1-3H3,(H,23,24);5-11,13H,4,12H2,1-3H3,(H,22,23);11-13H,7-10H2,1-6H3;10-12H,6-9H2,1-5H3. The van der Waals surface area contributed by atoms with Gasteiger partial charge in [-0.2, -0.15) is 0 Å². The minimum Gasteiger partial charge on any atom is -0.492 e. The van der Waals surface area contributed by atoms with E-state index in [1.165, 1.54) is 0 Å². The number of anilines is 3. The molecule has 4 aromatic heterocycles. The summed E-state index contributed by atoms with van der Waals surface area (Å²) in [7, 11) is 10.2. The van der Waals surface area contributed by atoms with E-state index >= 15 is 0 Å². The third-order valence-electron chi connectivity index (χ3n) is 16.3. The van der Waals surface area contributed by atoms with Gasteiger partial charge in [-0.3, -0.25) is 19.9 Å². The Morgan fingerprint density at radius 2 is 0.780 bits per heavy atom. The molecule has 0 aliphatic heterocycles. The first-order valence-corrected chi connectivity index (χ1v) is 34.4. The van der Waals surface area contributed by atoms with Crippen LogP contribution in [0.3, 0.4) is 0 Å². The Hall–Kier alpha value is -9.75. The number of fused-ring (bicyclic) bond motifs is 4. The molecule has 0 saturated heterocycles. The van der Waals surface area contributed by atoms with Crippen LogP contribution in [0, 0.1) is 55.4 Å². The van der Waals surface area contributed by atoms with E-state index in [0.717, 1.165) is 149 Å². The third kappa shape index (κ3) is 20.9. The second-order valence-corrected chi connectivity index (χ2v) is 25.7. The zero-order valence-corrected chi connectivity index (χ0v) is 62.0. The number of esters is 4. The summed E-state index contributed by atoms with van der Waals surface area (Å²) in [6.07, 6.45) is 8.30. The number of benzene rings is 6. The number of carbonyl (C=O) groups excluding carboxylic acids is 4. The van der Waals surface area contributed by atoms with Gasteiger partial charge in [0.05, 0.1) is 72.2 Å². The number of aromatic nitrogens is 4. The molecule has 0 spiro atoms. The number of nitrogens with zero attached hydrogens (tertiary/aromatic N) is 7. The minimum absolute atomic E-state index is 0.314. The first kappa shape index (κ1) is 77.6. The Bertz CT molecular complexity index is 4470. The molecular weight excluding hydrogens is 1280 g/mol. The molecule has 0 atom stereocenters. The normalized spacial score (nSPS) is 10.9. The van der Waals surface area contributed by atoms with Gasteiger partial charge in [-0.05, 0) is 206 Å². The molecule has 100 heavy (non-hydrogen) atoms. The maximum absolute atomic E-state index is 12.5. The van der Waals surface area contributed by atoms with Crippen LogP contribution in [0.25, 0.3) is 43.6 Å². The van der Waals surface area contributed by atoms with Crippen molar-refractivity contribution in [3.05, 3.63) is 211 Å². The van der Waals surface area contributed by atoms with Gasteiger partial charge in [0.1, 0.15) is 28.0 Å². The molecular formula is C81H98ClN9O9. The second kappa shape index (κ2) is 37.4. The van der Waals surface area contributed by atoms with Gasteiger partial charge in [0.25, 0.3) is 0 Å². The molecule has 0 aliphatic rings. The van der Waals surface area contributed by atoms with Gasteiger partial charge in [0, 0.05) is 84.6 Å². The van der Waals surface area contributed by atoms with E-state index < -0.39 is 5.97 Å². The van der Waals surface area contributed by atoms with Crippen molar-refractivity contribution in [3.8, 4) is 5.75 Å². The monoisotopic (exact) mass is 1380 g/mol. The number of rotatable bonds is 24. The maximum atomic E-state index is 12.5. The van der Waals surface area contributed by atoms with Crippen LogP contribution in [0.15, 0.2) is 128 Å². The average molecular weight is 1380 g/mol. The Labute approximate surface area is 594 Å². The SMILES string of the molecule is CCOC(=O)c1cnc2c(C)cc(C)cc2c1N(C)CCCN(C)C.CCOC(=O)c1cnc2c(C)cc(C)cc2c1NCc1ccc(Cl)cc1.CCOC(=O)c1cnc2c(C)cc(C)cc2c1NCc1ccccc1.CCOC(=O)c1cnc2c(C)cc(C)cc2c1OCCCN(C)C. The summed E-state index contributed by atoms with van der Waals surface area (Å²) < 4.78 is 26.8. The minimum atomic E-state index is -0.395. The van der Waals surface area contributed by atoms with Gasteiger partial charge in [-0.1, -0.05) is 95.0 Å². The van der Waals surface area contributed by atoms with Crippen molar-refractivity contribution in [2.75, 3.05) is 103 Å². The Morgan fingerprint density at radius 1 is 0.420 bits per heavy atom. The topological polar surface area (TPSA) is 200 Å². The van der Waals surface area contributed by atoms with Crippen LogP contribution in [0.2, 0.25) is 5.02 Å². The number of hydrogen-bond acceptors (Lipinski definition) is 18. The molecule has 0 bridgehead atoms. The summed E-state index contributed by atoms with van der Waals surface area (Å²) in [5, 5.41) is 11.3. The van der Waals surface area contributed by atoms with Crippen molar-refractivity contribution >= 4 is 96.2 Å². The Morgan fingerprint density at radius 3 is 1.22 bits per heavy atom. The summed E-state index contributed by atoms with van der Waals surface area (Å²) in [5.41, 5.74) is 18.9. The van der Waals surface area contributed by atoms with Gasteiger partial charge < -0.3 is 49.0 Å². The lowest BCUT2D eigenvalue weighted by Gasteiger charge is -2.24. The number of halogens is 1. The molecule has 0 saturated carbocycles. The molecule has 10 rings (SSSR count). The first-order chi connectivity index (χ1) is 47.9. The molecule has 4 heterocycles. The van der Waals surface area contributed by atoms with Crippen molar-refractivity contribution in [1.82, 2.24) is 29.7 Å². The summed E-state index contributed by atoms with van der Waals surface area (Å²) in [6, 6.07) is 34.3. The predicted molar refractivity (Wildman–Crippen MR) is 406 cm³/mol. The van der Waals surface area contributed by atoms with Crippen LogP contribution in [0.4, 0.5) is 17.1 Å². The molecule has 0 unspecified atom stereocenters. The molecule has 2 N–H and O–H groups in total. The van der Waals surface area contributed by atoms with Crippen LogP contribution in [-0.4, -0.2) is 142 Å². The van der Waals surface area contributed by atoms with E-state index in [1.807, 2.05) is 124 Å². The number of ether oxygens (including phenoxy) is 5. The number of pyridine rings is 4. The zero-order chi connectivity index (χ0) is 72.7. The van der Waals surface area contributed by atoms with Gasteiger partial charge >= 0.3 is 23.9 Å². The lowest BCUT2D eigenvalue weighted by Crippen LogP contribution is -2.25. The molecule has 0 aliphatic carbocycles. The van der Waals surface area contributed by atoms with Crippen LogP contribution in [0.5, 0.6) is 5.75 Å². The van der Waals surface area contributed by atoms with E-state index in [9.17, 15) is 19.2 Å². The van der Waals surface area contributed by atoms with Gasteiger partial charge in [0.15, 0.2) is 0 Å². The first-order valence-electron chi connectivity index (χ1n) is 34.1. The van der Waals surface area contributed by atoms with Crippen LogP contribution in [0.1, 0.15) is 138 Å². The predicted octanol–water partition coefficient (Wildman–Crippen LogP) is 16.7. The van der Waals surface area contributed by atoms with Crippen LogP contribution in [-0.2, 0) is 32.0 Å². The van der Waals surface area contributed by atoms with Crippen molar-refractivity contribution < 1.29 is 42.9 Å². The largest absolute Gasteiger partial charge is 0.492 e. The summed E-state index contributed by atoms with van der Waals surface area (Å²) in [6.45, 7) is 29.4. The fraction of sp³-hybridized carbons (Fsp3) is 0.358. The zero-order valence-electron chi connectivity index (χ0n) is 61.3. The van der Waals surface area contributed by atoms with E-state index in [-0.39, 0.29) is 17.9 Å². The van der Waals surface area contributed by atoms with Gasteiger partial charge in [0.2, 0.25) is 0 Å². The van der Waals surface area contributed by atoms with Gasteiger partial charge in [-0.15, -0.1) is 0 Å². The lowest BCUT2D eigenvalue weighted by molar-refractivity contribution is 0.0512. The second-order valence-electron chi connectivity index (χ2n) is 25.3. The van der Waals surface area contributed by atoms with Crippen molar-refractivity contribution in [2.45, 2.75) is 109 Å². The molecule has 19 heteroatoms. The van der Waals surface area contributed by atoms with E-state index in [4.69, 9.17) is 35.3 Å². The lowest BCUT2D eigenvalue weighted by atomic mass is 10.0. The molecule has 0 radical (unpaired) electrons. The molecule has 6 aromatic carbocycles. The molecule has 528 valence electrons.